The summed E-state index contributed by atoms with van der Waals surface area (Å²) < 4.78 is 0. The topological polar surface area (TPSA) is 23.8 Å². The van der Waals surface area contributed by atoms with Gasteiger partial charge in [-0.2, -0.15) is 5.26 Å². The first-order valence-corrected chi connectivity index (χ1v) is 4.30. The fourth-order valence-electron chi connectivity index (χ4n) is 1.10. The molecule has 0 heterocycles. The molecule has 0 atom stereocenters. The minimum absolute atomic E-state index is 0.462. The predicted molar refractivity (Wildman–Crippen MR) is 50.1 cm³/mol. The van der Waals surface area contributed by atoms with Gasteiger partial charge in [0.25, 0.3) is 0 Å². The fraction of sp³-hybridized carbons (Fsp3) is 0.300. The lowest BCUT2D eigenvalue weighted by molar-refractivity contribution is 1.12. The van der Waals surface area contributed by atoms with Crippen LogP contribution in [0.4, 0.5) is 0 Å². The third-order valence-corrected chi connectivity index (χ3v) is 2.14. The van der Waals surface area contributed by atoms with Crippen molar-refractivity contribution in [3.8, 4) is 6.07 Å². The summed E-state index contributed by atoms with van der Waals surface area (Å²) in [5, 5.41) is 9.26. The standard InChI is InChI=1S/C10H10ClN/c1-2-9-7-8(5-6-12)3-4-10(9)11/h3-4,7H,2,5H2,1H3. The molecule has 0 aliphatic rings. The first-order valence-electron chi connectivity index (χ1n) is 3.92. The highest BCUT2D eigenvalue weighted by Gasteiger charge is 1.98. The Morgan fingerprint density at radius 2 is 2.25 bits per heavy atom. The zero-order valence-corrected chi connectivity index (χ0v) is 7.73. The van der Waals surface area contributed by atoms with Crippen LogP contribution < -0.4 is 0 Å². The third-order valence-electron chi connectivity index (χ3n) is 1.77. The monoisotopic (exact) mass is 179 g/mol. The maximum atomic E-state index is 8.47. The van der Waals surface area contributed by atoms with E-state index in [2.05, 4.69) is 13.0 Å². The maximum Gasteiger partial charge on any atom is 0.0669 e. The summed E-state index contributed by atoms with van der Waals surface area (Å²) in [5.74, 6) is 0. The van der Waals surface area contributed by atoms with Gasteiger partial charge in [-0.25, -0.2) is 0 Å². The summed E-state index contributed by atoms with van der Waals surface area (Å²) in [6, 6.07) is 7.85. The van der Waals surface area contributed by atoms with Crippen LogP contribution in [0.15, 0.2) is 18.2 Å². The molecule has 0 aromatic heterocycles. The smallest absolute Gasteiger partial charge is 0.0669 e. The van der Waals surface area contributed by atoms with Crippen molar-refractivity contribution in [2.75, 3.05) is 0 Å². The van der Waals surface area contributed by atoms with Crippen molar-refractivity contribution in [2.45, 2.75) is 19.8 Å². The van der Waals surface area contributed by atoms with Gasteiger partial charge in [0.05, 0.1) is 12.5 Å². The average molecular weight is 180 g/mol. The van der Waals surface area contributed by atoms with Crippen molar-refractivity contribution in [1.29, 1.82) is 5.26 Å². The van der Waals surface area contributed by atoms with E-state index in [0.29, 0.717) is 6.42 Å². The van der Waals surface area contributed by atoms with Gasteiger partial charge < -0.3 is 0 Å². The van der Waals surface area contributed by atoms with Gasteiger partial charge in [-0.15, -0.1) is 0 Å². The molecule has 0 aliphatic heterocycles. The van der Waals surface area contributed by atoms with E-state index in [-0.39, 0.29) is 0 Å². The second-order valence-corrected chi connectivity index (χ2v) is 3.02. The molecule has 1 aromatic rings. The van der Waals surface area contributed by atoms with Crippen molar-refractivity contribution in [2.24, 2.45) is 0 Å². The van der Waals surface area contributed by atoms with Crippen LogP contribution in [0.1, 0.15) is 18.1 Å². The lowest BCUT2D eigenvalue weighted by Crippen LogP contribution is -1.87. The van der Waals surface area contributed by atoms with Gasteiger partial charge in [0.1, 0.15) is 0 Å². The van der Waals surface area contributed by atoms with Crippen LogP contribution in [-0.2, 0) is 12.8 Å². The molecule has 62 valence electrons. The Bertz CT molecular complexity index is 312. The molecule has 0 saturated heterocycles. The molecular formula is C10H10ClN. The van der Waals surface area contributed by atoms with E-state index >= 15 is 0 Å². The van der Waals surface area contributed by atoms with E-state index in [0.717, 1.165) is 22.6 Å². The van der Waals surface area contributed by atoms with Crippen LogP contribution in [0, 0.1) is 11.3 Å². The van der Waals surface area contributed by atoms with Crippen LogP contribution in [0.25, 0.3) is 0 Å². The van der Waals surface area contributed by atoms with E-state index < -0.39 is 0 Å². The Morgan fingerprint density at radius 3 is 2.83 bits per heavy atom. The highest BCUT2D eigenvalue weighted by molar-refractivity contribution is 6.31. The van der Waals surface area contributed by atoms with Crippen molar-refractivity contribution in [3.05, 3.63) is 34.3 Å². The van der Waals surface area contributed by atoms with Gasteiger partial charge >= 0.3 is 0 Å². The molecule has 0 amide bonds. The van der Waals surface area contributed by atoms with Crippen LogP contribution >= 0.6 is 11.6 Å². The van der Waals surface area contributed by atoms with Crippen molar-refractivity contribution in [3.63, 3.8) is 0 Å². The number of rotatable bonds is 2. The van der Waals surface area contributed by atoms with E-state index in [1.807, 2.05) is 18.2 Å². The number of nitrogens with zero attached hydrogens (tertiary/aromatic N) is 1. The number of hydrogen-bond acceptors (Lipinski definition) is 1. The molecule has 0 saturated carbocycles. The van der Waals surface area contributed by atoms with Crippen LogP contribution in [0.5, 0.6) is 0 Å². The molecule has 0 radical (unpaired) electrons. The van der Waals surface area contributed by atoms with Gasteiger partial charge in [-0.1, -0.05) is 30.7 Å². The molecule has 0 aliphatic carbocycles. The summed E-state index contributed by atoms with van der Waals surface area (Å²) in [4.78, 5) is 0. The van der Waals surface area contributed by atoms with Gasteiger partial charge in [0.2, 0.25) is 0 Å². The molecule has 0 spiro atoms. The molecule has 0 bridgehead atoms. The fourth-order valence-corrected chi connectivity index (χ4v) is 1.35. The molecule has 0 unspecified atom stereocenters. The molecule has 1 aromatic carbocycles. The molecule has 2 heteroatoms. The predicted octanol–water partition coefficient (Wildman–Crippen LogP) is 2.97. The molecule has 12 heavy (non-hydrogen) atoms. The molecular weight excluding hydrogens is 170 g/mol. The molecule has 1 rings (SSSR count). The summed E-state index contributed by atoms with van der Waals surface area (Å²) in [5.41, 5.74) is 2.16. The molecule has 0 N–H and O–H groups in total. The minimum Gasteiger partial charge on any atom is -0.198 e. The molecule has 0 fully saturated rings. The van der Waals surface area contributed by atoms with Crippen LogP contribution in [-0.4, -0.2) is 0 Å². The Kier molecular flexibility index (Phi) is 3.13. The van der Waals surface area contributed by atoms with E-state index in [1.54, 1.807) is 0 Å². The van der Waals surface area contributed by atoms with Crippen LogP contribution in [0.2, 0.25) is 5.02 Å². The maximum absolute atomic E-state index is 8.47. The first-order chi connectivity index (χ1) is 5.77. The third kappa shape index (κ3) is 1.99. The van der Waals surface area contributed by atoms with Gasteiger partial charge in [0, 0.05) is 5.02 Å². The summed E-state index contributed by atoms with van der Waals surface area (Å²) in [6.45, 7) is 2.05. The summed E-state index contributed by atoms with van der Waals surface area (Å²) >= 11 is 5.91. The number of aryl methyl sites for hydroxylation is 1. The SMILES string of the molecule is CCc1cc(CC#N)ccc1Cl. The van der Waals surface area contributed by atoms with Gasteiger partial charge in [0.15, 0.2) is 0 Å². The van der Waals surface area contributed by atoms with E-state index in [1.165, 1.54) is 0 Å². The van der Waals surface area contributed by atoms with Crippen molar-refractivity contribution < 1.29 is 0 Å². The Balaban J connectivity index is 2.98. The van der Waals surface area contributed by atoms with Gasteiger partial charge in [-0.05, 0) is 23.6 Å². The van der Waals surface area contributed by atoms with E-state index in [4.69, 9.17) is 16.9 Å². The Labute approximate surface area is 77.6 Å². The second-order valence-electron chi connectivity index (χ2n) is 2.61. The minimum atomic E-state index is 0.462. The highest BCUT2D eigenvalue weighted by atomic mass is 35.5. The molecule has 1 nitrogen and oxygen atoms in total. The number of hydrogen-bond donors (Lipinski definition) is 0. The highest BCUT2D eigenvalue weighted by Crippen LogP contribution is 2.18. The van der Waals surface area contributed by atoms with Crippen molar-refractivity contribution in [1.82, 2.24) is 0 Å². The normalized spacial score (nSPS) is 9.42. The van der Waals surface area contributed by atoms with E-state index in [9.17, 15) is 0 Å². The summed E-state index contributed by atoms with van der Waals surface area (Å²) in [6.07, 6.45) is 1.38. The lowest BCUT2D eigenvalue weighted by Gasteiger charge is -2.01. The average Bonchev–Trinajstić information content (AvgIpc) is 2.09. The largest absolute Gasteiger partial charge is 0.198 e. The lowest BCUT2D eigenvalue weighted by atomic mass is 10.1. The Morgan fingerprint density at radius 1 is 1.50 bits per heavy atom. The van der Waals surface area contributed by atoms with Gasteiger partial charge in [-0.3, -0.25) is 0 Å². The number of nitriles is 1. The van der Waals surface area contributed by atoms with Crippen molar-refractivity contribution >= 4 is 11.6 Å². The Hall–Kier alpha value is -1.000. The summed E-state index contributed by atoms with van der Waals surface area (Å²) in [7, 11) is 0. The number of benzene rings is 1. The quantitative estimate of drug-likeness (QED) is 0.685. The second kappa shape index (κ2) is 4.13. The number of halogens is 1. The zero-order valence-electron chi connectivity index (χ0n) is 6.97. The zero-order chi connectivity index (χ0) is 8.97. The first kappa shape index (κ1) is 9.09. The van der Waals surface area contributed by atoms with Crippen LogP contribution in [0.3, 0.4) is 0 Å².